The molecule has 5 nitrogen and oxygen atoms in total. The van der Waals surface area contributed by atoms with E-state index in [0.717, 1.165) is 0 Å². The monoisotopic (exact) mass is 308 g/mol. The van der Waals surface area contributed by atoms with E-state index < -0.39 is 11.9 Å². The summed E-state index contributed by atoms with van der Waals surface area (Å²) in [7, 11) is 0. The molecule has 1 unspecified atom stereocenters. The number of benzene rings is 1. The molecule has 1 saturated heterocycles. The van der Waals surface area contributed by atoms with Gasteiger partial charge in [0.05, 0.1) is 5.92 Å². The zero-order chi connectivity index (χ0) is 15.4. The molecule has 0 aromatic heterocycles. The molecule has 21 heavy (non-hydrogen) atoms. The highest BCUT2D eigenvalue weighted by atomic mass is 35.5. The Bertz CT molecular complexity index is 585. The van der Waals surface area contributed by atoms with Crippen LogP contribution in [0.3, 0.4) is 0 Å². The summed E-state index contributed by atoms with van der Waals surface area (Å²) in [4.78, 5) is 24.6. The Hall–Kier alpha value is -2.01. The number of aliphatic carboxylic acids is 1. The van der Waals surface area contributed by atoms with Gasteiger partial charge < -0.3 is 15.1 Å². The van der Waals surface area contributed by atoms with Crippen molar-refractivity contribution >= 4 is 29.6 Å². The molecule has 1 atom stereocenters. The molecule has 1 fully saturated rings. The molecule has 6 heteroatoms. The number of phenolic OH excluding ortho intramolecular Hbond substituents is 1. The number of piperidine rings is 1. The minimum Gasteiger partial charge on any atom is -0.507 e. The molecule has 1 heterocycles. The van der Waals surface area contributed by atoms with Gasteiger partial charge in [0.15, 0.2) is 0 Å². The van der Waals surface area contributed by atoms with Crippen molar-refractivity contribution < 1.29 is 19.8 Å². The van der Waals surface area contributed by atoms with Crippen molar-refractivity contribution in [2.45, 2.75) is 12.8 Å². The number of amides is 1. The number of carboxylic acid groups (broad SMARTS) is 1. The van der Waals surface area contributed by atoms with E-state index in [1.807, 2.05) is 0 Å². The lowest BCUT2D eigenvalue weighted by Crippen LogP contribution is -2.41. The summed E-state index contributed by atoms with van der Waals surface area (Å²) < 4.78 is 0. The normalized spacial score (nSPS) is 18.9. The van der Waals surface area contributed by atoms with Gasteiger partial charge >= 0.3 is 5.97 Å². The third-order valence-corrected chi connectivity index (χ3v) is 3.73. The fourth-order valence-electron chi connectivity index (χ4n) is 2.25. The third-order valence-electron chi connectivity index (χ3n) is 3.40. The van der Waals surface area contributed by atoms with Crippen LogP contribution in [-0.2, 0) is 9.59 Å². The number of likely N-dealkylation sites (tertiary alicyclic amines) is 1. The maximum Gasteiger partial charge on any atom is 0.308 e. The van der Waals surface area contributed by atoms with Gasteiger partial charge in [0.2, 0.25) is 5.91 Å². The van der Waals surface area contributed by atoms with E-state index in [2.05, 4.69) is 6.07 Å². The van der Waals surface area contributed by atoms with E-state index in [1.165, 1.54) is 29.2 Å². The van der Waals surface area contributed by atoms with E-state index in [4.69, 9.17) is 16.7 Å². The largest absolute Gasteiger partial charge is 0.507 e. The lowest BCUT2D eigenvalue weighted by molar-refractivity contribution is -0.144. The number of rotatable bonds is 3. The molecule has 1 aliphatic rings. The summed E-state index contributed by atoms with van der Waals surface area (Å²) in [5.74, 6) is -1.70. The van der Waals surface area contributed by atoms with Gasteiger partial charge in [0.25, 0.3) is 0 Å². The molecular weight excluding hydrogens is 294 g/mol. The average Bonchev–Trinajstić information content (AvgIpc) is 2.48. The van der Waals surface area contributed by atoms with Crippen LogP contribution in [0.1, 0.15) is 18.4 Å². The maximum atomic E-state index is 12.1. The van der Waals surface area contributed by atoms with Gasteiger partial charge in [0.1, 0.15) is 5.75 Å². The number of carbonyl (C=O) groups excluding carboxylic acids is 1. The fourth-order valence-corrected chi connectivity index (χ4v) is 2.42. The first-order chi connectivity index (χ1) is 9.97. The second-order valence-corrected chi connectivity index (χ2v) is 5.32. The molecule has 1 aliphatic heterocycles. The molecule has 1 aromatic rings. The first-order valence-corrected chi connectivity index (χ1v) is 6.95. The van der Waals surface area contributed by atoms with Gasteiger partial charge in [0, 0.05) is 30.3 Å². The van der Waals surface area contributed by atoms with Crippen molar-refractivity contribution in [3.05, 3.63) is 34.9 Å². The number of nitrogens with zero attached hydrogens (tertiary/aromatic N) is 1. The highest BCUT2D eigenvalue weighted by Crippen LogP contribution is 2.22. The standard InChI is InChI=1S/C15H15ClNO4/c16-13-5-4-12(18)8-10(13)3-6-14(19)17-7-1-2-11(9-17)15(20)21/h3,5-6,8,11,18H,1-2,7,9H2,(H,20,21)/b6-3+. The number of hydrogen-bond acceptors (Lipinski definition) is 3. The topological polar surface area (TPSA) is 77.8 Å². The van der Waals surface area contributed by atoms with Gasteiger partial charge in [-0.1, -0.05) is 11.6 Å². The van der Waals surface area contributed by atoms with Gasteiger partial charge in [-0.15, -0.1) is 0 Å². The summed E-state index contributed by atoms with van der Waals surface area (Å²) >= 11 is 5.93. The molecule has 0 spiro atoms. The molecule has 2 rings (SSSR count). The molecular formula is C15H15ClNO4. The first-order valence-electron chi connectivity index (χ1n) is 6.57. The summed E-state index contributed by atoms with van der Waals surface area (Å²) in [6.45, 7) is 0.772. The maximum absolute atomic E-state index is 12.1. The minimum atomic E-state index is -0.872. The Morgan fingerprint density at radius 3 is 2.95 bits per heavy atom. The Morgan fingerprint density at radius 1 is 1.48 bits per heavy atom. The minimum absolute atomic E-state index is 0.0598. The number of carboxylic acids is 1. The van der Waals surface area contributed by atoms with E-state index in [9.17, 15) is 14.7 Å². The van der Waals surface area contributed by atoms with E-state index in [1.54, 1.807) is 0 Å². The summed E-state index contributed by atoms with van der Waals surface area (Å²) in [5, 5.41) is 18.7. The molecule has 111 valence electrons. The summed E-state index contributed by atoms with van der Waals surface area (Å²) in [6, 6.07) is 5.36. The zero-order valence-corrected chi connectivity index (χ0v) is 12.0. The predicted molar refractivity (Wildman–Crippen MR) is 77.9 cm³/mol. The van der Waals surface area contributed by atoms with Crippen LogP contribution in [0.4, 0.5) is 0 Å². The Balaban J connectivity index is 2.05. The Labute approximate surface area is 127 Å². The molecule has 0 saturated carbocycles. The van der Waals surface area contributed by atoms with Crippen molar-refractivity contribution in [2.24, 2.45) is 5.92 Å². The van der Waals surface area contributed by atoms with Crippen LogP contribution in [0.5, 0.6) is 5.75 Å². The van der Waals surface area contributed by atoms with Gasteiger partial charge in [-0.2, -0.15) is 0 Å². The molecule has 2 N–H and O–H groups in total. The van der Waals surface area contributed by atoms with E-state index >= 15 is 0 Å². The summed E-state index contributed by atoms with van der Waals surface area (Å²) in [6.07, 6.45) is 4.11. The highest BCUT2D eigenvalue weighted by Gasteiger charge is 2.27. The molecule has 0 aliphatic carbocycles. The lowest BCUT2D eigenvalue weighted by atomic mass is 9.98. The second kappa shape index (κ2) is 6.63. The van der Waals surface area contributed by atoms with Crippen LogP contribution in [0.25, 0.3) is 6.08 Å². The Morgan fingerprint density at radius 2 is 2.24 bits per heavy atom. The van der Waals surface area contributed by atoms with E-state index in [0.29, 0.717) is 30.0 Å². The molecule has 1 amide bonds. The zero-order valence-electron chi connectivity index (χ0n) is 11.3. The van der Waals surface area contributed by atoms with Crippen molar-refractivity contribution in [3.63, 3.8) is 0 Å². The number of carbonyl (C=O) groups is 2. The van der Waals surface area contributed by atoms with Crippen LogP contribution in [0, 0.1) is 12.0 Å². The van der Waals surface area contributed by atoms with Gasteiger partial charge in [-0.25, -0.2) is 0 Å². The van der Waals surface area contributed by atoms with Crippen molar-refractivity contribution in [2.75, 3.05) is 13.1 Å². The number of halogens is 1. The van der Waals surface area contributed by atoms with Crippen molar-refractivity contribution in [1.29, 1.82) is 0 Å². The van der Waals surface area contributed by atoms with Gasteiger partial charge in [-0.3, -0.25) is 9.59 Å². The van der Waals surface area contributed by atoms with E-state index in [-0.39, 0.29) is 18.2 Å². The SMILES string of the molecule is O=C(O)C1CCCN(C(=O)/C=C/c2cc(O)[c]cc2Cl)C1. The number of hydrogen-bond donors (Lipinski definition) is 2. The Kier molecular flexibility index (Phi) is 4.85. The van der Waals surface area contributed by atoms with Crippen LogP contribution in [-0.4, -0.2) is 40.1 Å². The summed E-state index contributed by atoms with van der Waals surface area (Å²) in [5.41, 5.74) is 0.507. The van der Waals surface area contributed by atoms with Crippen LogP contribution >= 0.6 is 11.6 Å². The fraction of sp³-hybridized carbons (Fsp3) is 0.333. The van der Waals surface area contributed by atoms with Crippen LogP contribution in [0.2, 0.25) is 5.02 Å². The second-order valence-electron chi connectivity index (χ2n) is 4.92. The van der Waals surface area contributed by atoms with Crippen molar-refractivity contribution in [3.8, 4) is 5.75 Å². The molecule has 0 bridgehead atoms. The molecule has 1 aromatic carbocycles. The predicted octanol–water partition coefficient (Wildman–Crippen LogP) is 2.18. The molecule has 1 radical (unpaired) electrons. The van der Waals surface area contributed by atoms with Crippen LogP contribution < -0.4 is 0 Å². The average molecular weight is 309 g/mol. The highest BCUT2D eigenvalue weighted by molar-refractivity contribution is 6.32. The number of phenols is 1. The van der Waals surface area contributed by atoms with Gasteiger partial charge in [-0.05, 0) is 36.6 Å². The lowest BCUT2D eigenvalue weighted by Gasteiger charge is -2.29. The number of aromatic hydroxyl groups is 1. The first kappa shape index (κ1) is 15.4. The van der Waals surface area contributed by atoms with Crippen molar-refractivity contribution in [1.82, 2.24) is 4.90 Å². The smallest absolute Gasteiger partial charge is 0.308 e. The van der Waals surface area contributed by atoms with Crippen LogP contribution in [0.15, 0.2) is 18.2 Å². The quantitative estimate of drug-likeness (QED) is 0.839. The third kappa shape index (κ3) is 3.98.